The first-order valence-corrected chi connectivity index (χ1v) is 8.37. The molecular weight excluding hydrogens is 322 g/mol. The van der Waals surface area contributed by atoms with E-state index < -0.39 is 0 Å². The van der Waals surface area contributed by atoms with Gasteiger partial charge in [0.25, 0.3) is 11.8 Å². The van der Waals surface area contributed by atoms with Gasteiger partial charge in [0.05, 0.1) is 30.5 Å². The van der Waals surface area contributed by atoms with Gasteiger partial charge in [0.2, 0.25) is 0 Å². The van der Waals surface area contributed by atoms with E-state index in [9.17, 15) is 9.59 Å². The highest BCUT2D eigenvalue weighted by atomic mass is 32.2. The van der Waals surface area contributed by atoms with E-state index in [0.717, 1.165) is 10.6 Å². The van der Waals surface area contributed by atoms with E-state index in [0.29, 0.717) is 16.9 Å². The molecule has 0 aliphatic carbocycles. The van der Waals surface area contributed by atoms with Crippen LogP contribution in [0.2, 0.25) is 0 Å². The fourth-order valence-corrected chi connectivity index (χ4v) is 3.03. The number of nitrogens with zero attached hydrogens (tertiary/aromatic N) is 1. The van der Waals surface area contributed by atoms with Gasteiger partial charge in [0.15, 0.2) is 0 Å². The summed E-state index contributed by atoms with van der Waals surface area (Å²) in [6.45, 7) is 0.121. The first-order chi connectivity index (χ1) is 11.7. The molecule has 0 bridgehead atoms. The molecule has 24 heavy (non-hydrogen) atoms. The molecule has 0 saturated heterocycles. The molecule has 2 amide bonds. The molecular formula is C19H15NO3S. The summed E-state index contributed by atoms with van der Waals surface area (Å²) in [5.41, 5.74) is 0.911. The SMILES string of the molecule is COc1ccc(SCC#CCN2C(=O)c3ccccc3C2=O)cc1. The van der Waals surface area contributed by atoms with Gasteiger partial charge in [-0.1, -0.05) is 24.0 Å². The zero-order chi connectivity index (χ0) is 16.9. The van der Waals surface area contributed by atoms with Crippen LogP contribution >= 0.6 is 11.8 Å². The zero-order valence-electron chi connectivity index (χ0n) is 13.1. The van der Waals surface area contributed by atoms with Crippen LogP contribution < -0.4 is 4.74 Å². The van der Waals surface area contributed by atoms with Crippen LogP contribution in [0.4, 0.5) is 0 Å². The van der Waals surface area contributed by atoms with Gasteiger partial charge in [0.1, 0.15) is 5.75 Å². The van der Waals surface area contributed by atoms with Crippen LogP contribution in [0.3, 0.4) is 0 Å². The van der Waals surface area contributed by atoms with E-state index in [4.69, 9.17) is 4.74 Å². The van der Waals surface area contributed by atoms with Crippen molar-refractivity contribution < 1.29 is 14.3 Å². The van der Waals surface area contributed by atoms with Gasteiger partial charge in [-0.25, -0.2) is 0 Å². The molecule has 1 aliphatic heterocycles. The van der Waals surface area contributed by atoms with Crippen molar-refractivity contribution >= 4 is 23.6 Å². The quantitative estimate of drug-likeness (QED) is 0.489. The van der Waals surface area contributed by atoms with Crippen LogP contribution in [0.15, 0.2) is 53.4 Å². The summed E-state index contributed by atoms with van der Waals surface area (Å²) >= 11 is 1.59. The third-order valence-corrected chi connectivity index (χ3v) is 4.50. The Balaban J connectivity index is 1.55. The van der Waals surface area contributed by atoms with Gasteiger partial charge < -0.3 is 4.74 Å². The number of fused-ring (bicyclic) bond motifs is 1. The Morgan fingerprint density at radius 1 is 0.958 bits per heavy atom. The van der Waals surface area contributed by atoms with Gasteiger partial charge in [-0.05, 0) is 36.4 Å². The van der Waals surface area contributed by atoms with E-state index >= 15 is 0 Å². The lowest BCUT2D eigenvalue weighted by molar-refractivity contribution is 0.0675. The largest absolute Gasteiger partial charge is 0.497 e. The van der Waals surface area contributed by atoms with Crippen molar-refractivity contribution in [3.63, 3.8) is 0 Å². The van der Waals surface area contributed by atoms with Crippen molar-refractivity contribution in [1.29, 1.82) is 0 Å². The van der Waals surface area contributed by atoms with Crippen LogP contribution in [0, 0.1) is 11.8 Å². The molecule has 0 spiro atoms. The standard InChI is InChI=1S/C19H15NO3S/c1-23-14-8-10-15(11-9-14)24-13-5-4-12-20-18(21)16-6-2-3-7-17(16)19(20)22/h2-3,6-11H,12-13H2,1H3. The second kappa shape index (κ2) is 7.24. The maximum Gasteiger partial charge on any atom is 0.262 e. The number of thioether (sulfide) groups is 1. The second-order valence-corrected chi connectivity index (χ2v) is 6.11. The minimum atomic E-state index is -0.271. The number of rotatable bonds is 4. The van der Waals surface area contributed by atoms with E-state index in [-0.39, 0.29) is 18.4 Å². The molecule has 4 nitrogen and oxygen atoms in total. The van der Waals surface area contributed by atoms with Gasteiger partial charge in [-0.2, -0.15) is 0 Å². The Morgan fingerprint density at radius 2 is 1.58 bits per heavy atom. The maximum absolute atomic E-state index is 12.2. The van der Waals surface area contributed by atoms with Gasteiger partial charge in [0, 0.05) is 4.90 Å². The topological polar surface area (TPSA) is 46.6 Å². The molecule has 2 aromatic rings. The summed E-state index contributed by atoms with van der Waals surface area (Å²) in [4.78, 5) is 26.6. The van der Waals surface area contributed by atoms with Gasteiger partial charge in [-0.3, -0.25) is 14.5 Å². The highest BCUT2D eigenvalue weighted by Crippen LogP contribution is 2.22. The van der Waals surface area contributed by atoms with Gasteiger partial charge in [-0.15, -0.1) is 11.8 Å². The number of benzene rings is 2. The smallest absolute Gasteiger partial charge is 0.262 e. The summed E-state index contributed by atoms with van der Waals surface area (Å²) < 4.78 is 5.11. The highest BCUT2D eigenvalue weighted by molar-refractivity contribution is 7.99. The van der Waals surface area contributed by atoms with Crippen molar-refractivity contribution in [2.24, 2.45) is 0 Å². The van der Waals surface area contributed by atoms with Crippen molar-refractivity contribution in [3.05, 3.63) is 59.7 Å². The third-order valence-electron chi connectivity index (χ3n) is 3.61. The highest BCUT2D eigenvalue weighted by Gasteiger charge is 2.34. The lowest BCUT2D eigenvalue weighted by Crippen LogP contribution is -2.30. The average Bonchev–Trinajstić information content (AvgIpc) is 2.87. The normalized spacial score (nSPS) is 12.6. The first kappa shape index (κ1) is 16.2. The van der Waals surface area contributed by atoms with Crippen molar-refractivity contribution in [1.82, 2.24) is 4.90 Å². The number of carbonyl (C=O) groups is 2. The molecule has 5 heteroatoms. The lowest BCUT2D eigenvalue weighted by atomic mass is 10.1. The zero-order valence-corrected chi connectivity index (χ0v) is 13.9. The van der Waals surface area contributed by atoms with E-state index in [1.54, 1.807) is 43.1 Å². The predicted molar refractivity (Wildman–Crippen MR) is 93.3 cm³/mol. The Bertz CT molecular complexity index is 799. The molecule has 2 aromatic carbocycles. The first-order valence-electron chi connectivity index (χ1n) is 7.38. The molecule has 0 atom stereocenters. The molecule has 0 saturated carbocycles. The number of hydrogen-bond donors (Lipinski definition) is 0. The minimum Gasteiger partial charge on any atom is -0.497 e. The van der Waals surface area contributed by atoms with Crippen LogP contribution in [0.5, 0.6) is 5.75 Å². The van der Waals surface area contributed by atoms with E-state index in [1.807, 2.05) is 24.3 Å². The number of imide groups is 1. The van der Waals surface area contributed by atoms with Crippen LogP contribution in [0.1, 0.15) is 20.7 Å². The molecule has 0 fully saturated rings. The Hall–Kier alpha value is -2.71. The summed E-state index contributed by atoms with van der Waals surface area (Å²) in [5, 5.41) is 0. The van der Waals surface area contributed by atoms with E-state index in [1.165, 1.54) is 4.90 Å². The van der Waals surface area contributed by atoms with Crippen LogP contribution in [0.25, 0.3) is 0 Å². The average molecular weight is 337 g/mol. The van der Waals surface area contributed by atoms with Crippen molar-refractivity contribution in [2.75, 3.05) is 19.4 Å². The number of carbonyl (C=O) groups excluding carboxylic acids is 2. The Kier molecular flexibility index (Phi) is 4.88. The molecule has 1 heterocycles. The van der Waals surface area contributed by atoms with Crippen LogP contribution in [-0.4, -0.2) is 36.1 Å². The lowest BCUT2D eigenvalue weighted by Gasteiger charge is -2.08. The predicted octanol–water partition coefficient (Wildman–Crippen LogP) is 3.09. The molecule has 0 unspecified atom stereocenters. The molecule has 120 valence electrons. The maximum atomic E-state index is 12.2. The third kappa shape index (κ3) is 3.29. The fourth-order valence-electron chi connectivity index (χ4n) is 2.36. The number of hydrogen-bond acceptors (Lipinski definition) is 4. The Labute approximate surface area is 144 Å². The Morgan fingerprint density at radius 3 is 2.17 bits per heavy atom. The molecule has 0 N–H and O–H groups in total. The monoisotopic (exact) mass is 337 g/mol. The summed E-state index contributed by atoms with van der Waals surface area (Å²) in [7, 11) is 1.63. The molecule has 1 aliphatic rings. The van der Waals surface area contributed by atoms with Crippen molar-refractivity contribution in [3.8, 4) is 17.6 Å². The van der Waals surface area contributed by atoms with E-state index in [2.05, 4.69) is 11.8 Å². The van der Waals surface area contributed by atoms with Crippen LogP contribution in [-0.2, 0) is 0 Å². The summed E-state index contributed by atoms with van der Waals surface area (Å²) in [6.07, 6.45) is 0. The summed E-state index contributed by atoms with van der Waals surface area (Å²) in [5.74, 6) is 6.76. The number of ether oxygens (including phenoxy) is 1. The van der Waals surface area contributed by atoms with Gasteiger partial charge >= 0.3 is 0 Å². The number of methoxy groups -OCH3 is 1. The minimum absolute atomic E-state index is 0.121. The molecule has 0 aromatic heterocycles. The van der Waals surface area contributed by atoms with Crippen molar-refractivity contribution in [2.45, 2.75) is 4.90 Å². The fraction of sp³-hybridized carbons (Fsp3) is 0.158. The molecule has 3 rings (SSSR count). The molecule has 0 radical (unpaired) electrons. The second-order valence-electron chi connectivity index (χ2n) is 5.06. The summed E-state index contributed by atoms with van der Waals surface area (Å²) in [6, 6.07) is 14.6. The number of amides is 2.